The molecule has 2 heterocycles. The minimum absolute atomic E-state index is 0.151. The number of rotatable bonds is 4. The number of amides is 1. The third kappa shape index (κ3) is 4.28. The van der Waals surface area contributed by atoms with Gasteiger partial charge < -0.3 is 9.32 Å². The van der Waals surface area contributed by atoms with Crippen LogP contribution in [0.4, 0.5) is 0 Å². The first kappa shape index (κ1) is 20.0. The van der Waals surface area contributed by atoms with Gasteiger partial charge in [-0.2, -0.15) is 0 Å². The molecule has 2 fully saturated rings. The van der Waals surface area contributed by atoms with Crippen molar-refractivity contribution in [2.24, 2.45) is 0 Å². The van der Waals surface area contributed by atoms with E-state index in [1.54, 1.807) is 6.20 Å². The highest BCUT2D eigenvalue weighted by Gasteiger charge is 2.28. The Morgan fingerprint density at radius 3 is 2.16 bits per heavy atom. The maximum Gasteiger partial charge on any atom is 0.253 e. The van der Waals surface area contributed by atoms with Gasteiger partial charge in [-0.3, -0.25) is 9.69 Å². The van der Waals surface area contributed by atoms with Crippen LogP contribution in [0, 0.1) is 6.92 Å². The van der Waals surface area contributed by atoms with Gasteiger partial charge in [-0.05, 0) is 42.5 Å². The summed E-state index contributed by atoms with van der Waals surface area (Å²) in [5.74, 6) is 1.59. The van der Waals surface area contributed by atoms with Crippen LogP contribution in [0.25, 0.3) is 22.5 Å². The molecule has 0 atom stereocenters. The second kappa shape index (κ2) is 8.67. The predicted molar refractivity (Wildman–Crippen MR) is 122 cm³/mol. The third-order valence-corrected chi connectivity index (χ3v) is 6.66. The third-order valence-electron chi connectivity index (χ3n) is 6.66. The van der Waals surface area contributed by atoms with Crippen LogP contribution < -0.4 is 0 Å². The lowest BCUT2D eigenvalue weighted by Crippen LogP contribution is -2.42. The van der Waals surface area contributed by atoms with Gasteiger partial charge in [0.25, 0.3) is 5.91 Å². The van der Waals surface area contributed by atoms with Gasteiger partial charge >= 0.3 is 0 Å². The van der Waals surface area contributed by atoms with Crippen LogP contribution in [0.3, 0.4) is 0 Å². The van der Waals surface area contributed by atoms with Crippen molar-refractivity contribution in [1.29, 1.82) is 0 Å². The Morgan fingerprint density at radius 1 is 0.871 bits per heavy atom. The van der Waals surface area contributed by atoms with Crippen LogP contribution in [-0.2, 0) is 0 Å². The molecule has 1 saturated heterocycles. The van der Waals surface area contributed by atoms with E-state index in [2.05, 4.69) is 22.0 Å². The maximum atomic E-state index is 13.1. The summed E-state index contributed by atoms with van der Waals surface area (Å²) in [5.41, 5.74) is 4.00. The number of carbonyl (C=O) groups excluding carboxylic acids is 1. The van der Waals surface area contributed by atoms with Crippen LogP contribution in [0.2, 0.25) is 0 Å². The van der Waals surface area contributed by atoms with E-state index >= 15 is 0 Å². The van der Waals surface area contributed by atoms with Crippen molar-refractivity contribution in [2.75, 3.05) is 26.2 Å². The van der Waals surface area contributed by atoms with E-state index in [0.717, 1.165) is 66.7 Å². The van der Waals surface area contributed by atoms with E-state index in [1.165, 1.54) is 19.3 Å². The molecule has 0 unspecified atom stereocenters. The monoisotopic (exact) mass is 415 g/mol. The molecule has 2 aliphatic rings. The molecule has 3 aromatic rings. The Kier molecular flexibility index (Phi) is 5.60. The van der Waals surface area contributed by atoms with Crippen molar-refractivity contribution in [3.8, 4) is 22.5 Å². The average molecular weight is 416 g/mol. The molecular formula is C26H29N3O2. The molecule has 1 aromatic heterocycles. The van der Waals surface area contributed by atoms with Crippen molar-refractivity contribution in [1.82, 2.24) is 14.8 Å². The zero-order chi connectivity index (χ0) is 21.2. The fourth-order valence-electron chi connectivity index (χ4n) is 4.57. The highest BCUT2D eigenvalue weighted by molar-refractivity contribution is 5.94. The summed E-state index contributed by atoms with van der Waals surface area (Å²) in [6.07, 6.45) is 6.83. The van der Waals surface area contributed by atoms with Crippen LogP contribution in [0.15, 0.2) is 59.1 Å². The molecule has 0 bridgehead atoms. The van der Waals surface area contributed by atoms with E-state index in [1.807, 2.05) is 48.2 Å². The molecule has 0 radical (unpaired) electrons. The molecule has 5 nitrogen and oxygen atoms in total. The smallest absolute Gasteiger partial charge is 0.253 e. The number of hydrogen-bond acceptors (Lipinski definition) is 4. The highest BCUT2D eigenvalue weighted by atomic mass is 16.4. The zero-order valence-corrected chi connectivity index (χ0v) is 18.1. The van der Waals surface area contributed by atoms with E-state index in [0.29, 0.717) is 5.89 Å². The van der Waals surface area contributed by atoms with Gasteiger partial charge in [0.2, 0.25) is 0 Å². The van der Waals surface area contributed by atoms with Crippen LogP contribution >= 0.6 is 0 Å². The molecule has 31 heavy (non-hydrogen) atoms. The fraction of sp³-hybridized carbons (Fsp3) is 0.385. The second-order valence-electron chi connectivity index (χ2n) is 8.66. The van der Waals surface area contributed by atoms with Crippen LogP contribution in [0.5, 0.6) is 0 Å². The van der Waals surface area contributed by atoms with Crippen molar-refractivity contribution in [2.45, 2.75) is 38.6 Å². The van der Waals surface area contributed by atoms with Gasteiger partial charge in [0.1, 0.15) is 0 Å². The summed E-state index contributed by atoms with van der Waals surface area (Å²) in [4.78, 5) is 21.8. The number of aromatic nitrogens is 1. The first-order chi connectivity index (χ1) is 15.2. The molecule has 1 aliphatic carbocycles. The Bertz CT molecular complexity index is 1040. The SMILES string of the molecule is Cc1ncc(-c2ccc(-c3ccc(C(=O)N4CCCN(C5CCC5)CC4)cc3)cc2)o1. The summed E-state index contributed by atoms with van der Waals surface area (Å²) >= 11 is 0. The number of nitrogens with zero attached hydrogens (tertiary/aromatic N) is 3. The number of oxazole rings is 1. The molecule has 5 rings (SSSR count). The summed E-state index contributed by atoms with van der Waals surface area (Å²) in [7, 11) is 0. The summed E-state index contributed by atoms with van der Waals surface area (Å²) in [6, 6.07) is 17.0. The second-order valence-corrected chi connectivity index (χ2v) is 8.66. The van der Waals surface area contributed by atoms with E-state index in [-0.39, 0.29) is 5.91 Å². The minimum Gasteiger partial charge on any atom is -0.441 e. The standard InChI is InChI=1S/C26H29N3O2/c1-19-27-18-25(31-19)22-10-6-20(7-11-22)21-8-12-23(13-9-21)26(30)29-15-3-14-28(16-17-29)24-4-2-5-24/h6-13,18,24H,2-5,14-17H2,1H3. The summed E-state index contributed by atoms with van der Waals surface area (Å²) < 4.78 is 5.60. The van der Waals surface area contributed by atoms with Crippen molar-refractivity contribution >= 4 is 5.91 Å². The molecule has 5 heteroatoms. The first-order valence-corrected chi connectivity index (χ1v) is 11.3. The Labute approximate surface area is 183 Å². The summed E-state index contributed by atoms with van der Waals surface area (Å²) in [5, 5.41) is 0. The molecule has 1 amide bonds. The number of carbonyl (C=O) groups is 1. The largest absolute Gasteiger partial charge is 0.441 e. The van der Waals surface area contributed by atoms with E-state index < -0.39 is 0 Å². The number of benzene rings is 2. The molecular weight excluding hydrogens is 386 g/mol. The van der Waals surface area contributed by atoms with Gasteiger partial charge in [0, 0.05) is 50.3 Å². The molecule has 2 aromatic carbocycles. The quantitative estimate of drug-likeness (QED) is 0.601. The maximum absolute atomic E-state index is 13.1. The van der Waals surface area contributed by atoms with Crippen molar-refractivity contribution in [3.63, 3.8) is 0 Å². The predicted octanol–water partition coefficient (Wildman–Crippen LogP) is 5.02. The molecule has 1 aliphatic heterocycles. The van der Waals surface area contributed by atoms with Gasteiger partial charge in [-0.15, -0.1) is 0 Å². The minimum atomic E-state index is 0.151. The fourth-order valence-corrected chi connectivity index (χ4v) is 4.57. The number of aryl methyl sites for hydroxylation is 1. The Balaban J connectivity index is 1.24. The lowest BCUT2D eigenvalue weighted by atomic mass is 9.91. The normalized spacial score (nSPS) is 17.9. The topological polar surface area (TPSA) is 49.6 Å². The van der Waals surface area contributed by atoms with Crippen molar-refractivity contribution in [3.05, 3.63) is 66.2 Å². The van der Waals surface area contributed by atoms with E-state index in [4.69, 9.17) is 4.42 Å². The highest BCUT2D eigenvalue weighted by Crippen LogP contribution is 2.27. The lowest BCUT2D eigenvalue weighted by molar-refractivity contribution is 0.0749. The molecule has 160 valence electrons. The Morgan fingerprint density at radius 2 is 1.55 bits per heavy atom. The van der Waals surface area contributed by atoms with Crippen LogP contribution in [-0.4, -0.2) is 52.9 Å². The lowest BCUT2D eigenvalue weighted by Gasteiger charge is -2.36. The van der Waals surface area contributed by atoms with Gasteiger partial charge in [-0.25, -0.2) is 4.98 Å². The van der Waals surface area contributed by atoms with Crippen molar-refractivity contribution < 1.29 is 9.21 Å². The Hall–Kier alpha value is -2.92. The van der Waals surface area contributed by atoms with Gasteiger partial charge in [-0.1, -0.05) is 42.8 Å². The molecule has 0 spiro atoms. The molecule has 1 saturated carbocycles. The molecule has 0 N–H and O–H groups in total. The average Bonchev–Trinajstić information content (AvgIpc) is 3.06. The summed E-state index contributed by atoms with van der Waals surface area (Å²) in [6.45, 7) is 5.66. The first-order valence-electron chi connectivity index (χ1n) is 11.3. The van der Waals surface area contributed by atoms with E-state index in [9.17, 15) is 4.79 Å². The van der Waals surface area contributed by atoms with Gasteiger partial charge in [0.05, 0.1) is 6.20 Å². The van der Waals surface area contributed by atoms with Crippen LogP contribution in [0.1, 0.15) is 41.9 Å². The van der Waals surface area contributed by atoms with Gasteiger partial charge in [0.15, 0.2) is 11.7 Å². The zero-order valence-electron chi connectivity index (χ0n) is 18.1. The number of hydrogen-bond donors (Lipinski definition) is 0.